The number of hydrogen-bond donors (Lipinski definition) is 2. The number of likely N-dealkylation sites (tertiary alicyclic amines) is 1. The minimum Gasteiger partial charge on any atom is -0.480 e. The third-order valence-corrected chi connectivity index (χ3v) is 3.49. The van der Waals surface area contributed by atoms with Crippen LogP contribution >= 0.6 is 0 Å². The van der Waals surface area contributed by atoms with Crippen molar-refractivity contribution in [2.24, 2.45) is 5.92 Å². The molecule has 3 unspecified atom stereocenters. The van der Waals surface area contributed by atoms with E-state index >= 15 is 0 Å². The van der Waals surface area contributed by atoms with Crippen LogP contribution in [0.3, 0.4) is 0 Å². The first-order chi connectivity index (χ1) is 8.04. The lowest BCUT2D eigenvalue weighted by Gasteiger charge is -2.22. The van der Waals surface area contributed by atoms with Gasteiger partial charge < -0.3 is 10.2 Å². The summed E-state index contributed by atoms with van der Waals surface area (Å²) in [7, 11) is 0. The topological polar surface area (TPSA) is 60.8 Å². The zero-order valence-electron chi connectivity index (χ0n) is 10.9. The van der Waals surface area contributed by atoms with Crippen LogP contribution in [-0.4, -0.2) is 46.3 Å². The van der Waals surface area contributed by atoms with Gasteiger partial charge >= 0.3 is 5.97 Å². The molecule has 100 valence electrons. The van der Waals surface area contributed by atoms with Gasteiger partial charge in [-0.25, -0.2) is 0 Å². The third-order valence-electron chi connectivity index (χ3n) is 3.49. The van der Waals surface area contributed by atoms with Crippen molar-refractivity contribution < 1.29 is 15.0 Å². The summed E-state index contributed by atoms with van der Waals surface area (Å²) in [6, 6.07) is -0.392. The standard InChI is InChI=1S/C13H25NO3/c1-3-4-5-6-11-7-12(13(16)17)14(9-11)8-10(2)15/h10-12,15H,3-9H2,1-2H3,(H,16,17). The van der Waals surface area contributed by atoms with E-state index in [1.165, 1.54) is 19.3 Å². The Bertz CT molecular complexity index is 243. The Morgan fingerprint density at radius 1 is 1.47 bits per heavy atom. The van der Waals surface area contributed by atoms with E-state index in [1.807, 2.05) is 4.90 Å². The van der Waals surface area contributed by atoms with Crippen molar-refractivity contribution in [3.05, 3.63) is 0 Å². The van der Waals surface area contributed by atoms with E-state index < -0.39 is 18.1 Å². The van der Waals surface area contributed by atoms with Gasteiger partial charge in [0.1, 0.15) is 6.04 Å². The Kier molecular flexibility index (Phi) is 5.92. The molecule has 1 rings (SSSR count). The van der Waals surface area contributed by atoms with E-state index in [-0.39, 0.29) is 0 Å². The molecular weight excluding hydrogens is 218 g/mol. The van der Waals surface area contributed by atoms with Crippen LogP contribution in [0.25, 0.3) is 0 Å². The fourth-order valence-corrected chi connectivity index (χ4v) is 2.69. The normalized spacial score (nSPS) is 27.2. The van der Waals surface area contributed by atoms with Crippen LogP contribution in [0.15, 0.2) is 0 Å². The summed E-state index contributed by atoms with van der Waals surface area (Å²) in [5.41, 5.74) is 0. The predicted molar refractivity (Wildman–Crippen MR) is 66.9 cm³/mol. The van der Waals surface area contributed by atoms with Gasteiger partial charge in [-0.1, -0.05) is 26.2 Å². The molecule has 1 aliphatic rings. The Morgan fingerprint density at radius 3 is 2.71 bits per heavy atom. The largest absolute Gasteiger partial charge is 0.480 e. The Hall–Kier alpha value is -0.610. The first kappa shape index (κ1) is 14.5. The van der Waals surface area contributed by atoms with E-state index in [1.54, 1.807) is 6.92 Å². The molecule has 1 heterocycles. The number of carboxylic acid groups (broad SMARTS) is 1. The van der Waals surface area contributed by atoms with Crippen molar-refractivity contribution in [1.29, 1.82) is 0 Å². The summed E-state index contributed by atoms with van der Waals surface area (Å²) < 4.78 is 0. The Morgan fingerprint density at radius 2 is 2.18 bits per heavy atom. The summed E-state index contributed by atoms with van der Waals surface area (Å²) in [6.45, 7) is 5.19. The highest BCUT2D eigenvalue weighted by molar-refractivity contribution is 5.73. The van der Waals surface area contributed by atoms with Gasteiger partial charge in [0.15, 0.2) is 0 Å². The Balaban J connectivity index is 2.44. The maximum atomic E-state index is 11.1. The predicted octanol–water partition coefficient (Wildman–Crippen LogP) is 1.72. The lowest BCUT2D eigenvalue weighted by atomic mass is 9.98. The molecule has 1 aliphatic heterocycles. The van der Waals surface area contributed by atoms with Gasteiger partial charge in [-0.05, 0) is 25.7 Å². The number of unbranched alkanes of at least 4 members (excludes halogenated alkanes) is 2. The number of carboxylic acids is 1. The zero-order chi connectivity index (χ0) is 12.8. The van der Waals surface area contributed by atoms with Crippen molar-refractivity contribution >= 4 is 5.97 Å². The number of carbonyl (C=O) groups is 1. The molecule has 2 N–H and O–H groups in total. The number of hydrogen-bond acceptors (Lipinski definition) is 3. The van der Waals surface area contributed by atoms with Gasteiger partial charge in [-0.2, -0.15) is 0 Å². The zero-order valence-corrected chi connectivity index (χ0v) is 10.9. The fraction of sp³-hybridized carbons (Fsp3) is 0.923. The van der Waals surface area contributed by atoms with Gasteiger partial charge in [0.25, 0.3) is 0 Å². The highest BCUT2D eigenvalue weighted by Gasteiger charge is 2.36. The molecule has 0 bridgehead atoms. The smallest absolute Gasteiger partial charge is 0.320 e. The van der Waals surface area contributed by atoms with Crippen molar-refractivity contribution in [2.45, 2.75) is 58.1 Å². The van der Waals surface area contributed by atoms with Gasteiger partial charge in [0.05, 0.1) is 6.10 Å². The first-order valence-corrected chi connectivity index (χ1v) is 6.69. The van der Waals surface area contributed by atoms with Crippen LogP contribution in [0.2, 0.25) is 0 Å². The van der Waals surface area contributed by atoms with Crippen molar-refractivity contribution in [2.75, 3.05) is 13.1 Å². The lowest BCUT2D eigenvalue weighted by molar-refractivity contribution is -0.142. The second kappa shape index (κ2) is 6.97. The van der Waals surface area contributed by atoms with Crippen LogP contribution in [0.4, 0.5) is 0 Å². The van der Waals surface area contributed by atoms with Crippen LogP contribution in [0, 0.1) is 5.92 Å². The van der Waals surface area contributed by atoms with Crippen molar-refractivity contribution in [3.63, 3.8) is 0 Å². The summed E-state index contributed by atoms with van der Waals surface area (Å²) in [5.74, 6) is -0.259. The van der Waals surface area contributed by atoms with Gasteiger partial charge in [0.2, 0.25) is 0 Å². The van der Waals surface area contributed by atoms with E-state index in [4.69, 9.17) is 5.11 Å². The van der Waals surface area contributed by atoms with E-state index in [2.05, 4.69) is 6.92 Å². The maximum absolute atomic E-state index is 11.1. The second-order valence-electron chi connectivity index (χ2n) is 5.25. The molecule has 0 spiro atoms. The molecule has 1 saturated heterocycles. The number of rotatable bonds is 7. The molecule has 3 atom stereocenters. The molecule has 0 aromatic rings. The van der Waals surface area contributed by atoms with E-state index in [0.29, 0.717) is 12.5 Å². The second-order valence-corrected chi connectivity index (χ2v) is 5.25. The van der Waals surface area contributed by atoms with Crippen LogP contribution in [-0.2, 0) is 4.79 Å². The molecule has 0 amide bonds. The molecule has 4 nitrogen and oxygen atoms in total. The summed E-state index contributed by atoms with van der Waals surface area (Å²) >= 11 is 0. The van der Waals surface area contributed by atoms with Crippen LogP contribution in [0.5, 0.6) is 0 Å². The molecular formula is C13H25NO3. The molecule has 0 aromatic heterocycles. The highest BCUT2D eigenvalue weighted by Crippen LogP contribution is 2.27. The quantitative estimate of drug-likeness (QED) is 0.668. The molecule has 1 fully saturated rings. The summed E-state index contributed by atoms with van der Waals surface area (Å²) in [6.07, 6.45) is 5.03. The Labute approximate surface area is 104 Å². The molecule has 0 radical (unpaired) electrons. The molecule has 0 aromatic carbocycles. The van der Waals surface area contributed by atoms with E-state index in [9.17, 15) is 9.90 Å². The van der Waals surface area contributed by atoms with Crippen molar-refractivity contribution in [1.82, 2.24) is 4.90 Å². The molecule has 0 aliphatic carbocycles. The summed E-state index contributed by atoms with van der Waals surface area (Å²) in [5, 5.41) is 18.5. The number of aliphatic hydroxyl groups excluding tert-OH is 1. The summed E-state index contributed by atoms with van der Waals surface area (Å²) in [4.78, 5) is 13.1. The molecule has 17 heavy (non-hydrogen) atoms. The maximum Gasteiger partial charge on any atom is 0.320 e. The average Bonchev–Trinajstić information content (AvgIpc) is 2.60. The number of aliphatic hydroxyl groups is 1. The monoisotopic (exact) mass is 243 g/mol. The molecule has 0 saturated carbocycles. The first-order valence-electron chi connectivity index (χ1n) is 6.69. The van der Waals surface area contributed by atoms with E-state index in [0.717, 1.165) is 19.4 Å². The lowest BCUT2D eigenvalue weighted by Crippen LogP contribution is -2.39. The van der Waals surface area contributed by atoms with Gasteiger partial charge in [0, 0.05) is 13.1 Å². The number of β-amino-alcohol motifs (C(OH)–C–C–N with tert-alkyl or cyclic N) is 1. The molecule has 4 heteroatoms. The number of nitrogens with zero attached hydrogens (tertiary/aromatic N) is 1. The van der Waals surface area contributed by atoms with Crippen LogP contribution < -0.4 is 0 Å². The highest BCUT2D eigenvalue weighted by atomic mass is 16.4. The SMILES string of the molecule is CCCCCC1CC(C(=O)O)N(CC(C)O)C1. The average molecular weight is 243 g/mol. The van der Waals surface area contributed by atoms with Crippen molar-refractivity contribution in [3.8, 4) is 0 Å². The number of aliphatic carboxylic acids is 1. The minimum atomic E-state index is -0.747. The van der Waals surface area contributed by atoms with Gasteiger partial charge in [-0.15, -0.1) is 0 Å². The third kappa shape index (κ3) is 4.64. The minimum absolute atomic E-state index is 0.392. The fourth-order valence-electron chi connectivity index (χ4n) is 2.69. The van der Waals surface area contributed by atoms with Crippen LogP contribution in [0.1, 0.15) is 46.0 Å². The van der Waals surface area contributed by atoms with Gasteiger partial charge in [-0.3, -0.25) is 9.69 Å².